The summed E-state index contributed by atoms with van der Waals surface area (Å²) >= 11 is 0. The average molecular weight is 1450 g/mol. The van der Waals surface area contributed by atoms with Gasteiger partial charge in [0.25, 0.3) is 0 Å². The molecule has 0 aromatic carbocycles. The van der Waals surface area contributed by atoms with Crippen molar-refractivity contribution in [1.82, 2.24) is 10.6 Å². The number of amides is 2. The topological polar surface area (TPSA) is 131 Å². The van der Waals surface area contributed by atoms with E-state index in [1.54, 1.807) is 6.08 Å². The Morgan fingerprint density at radius 1 is 0.606 bits per heavy atom. The Morgan fingerprint density at radius 3 is 1.25 bits per heavy atom. The zero-order chi connectivity index (χ0) is 55.0. The molecule has 0 fully saturated rings. The van der Waals surface area contributed by atoms with Gasteiger partial charge in [-0.25, -0.2) is 0 Å². The van der Waals surface area contributed by atoms with Gasteiger partial charge in [-0.2, -0.15) is 0 Å². The van der Waals surface area contributed by atoms with Crippen LogP contribution in [0.25, 0.3) is 0 Å². The fraction of sp³-hybridized carbons (Fsp3) is 0.676. The lowest BCUT2D eigenvalue weighted by atomic mass is 9.92. The van der Waals surface area contributed by atoms with Crippen molar-refractivity contribution in [1.29, 1.82) is 0 Å². The van der Waals surface area contributed by atoms with Crippen molar-refractivity contribution in [2.24, 2.45) is 11.8 Å². The number of hydrogen-bond acceptors (Lipinski definition) is 7. The summed E-state index contributed by atoms with van der Waals surface area (Å²) in [6.07, 6.45) is 20.5. The number of aliphatic hydroxyl groups excluding tert-OH is 1. The molecule has 2 amide bonds. The first-order chi connectivity index (χ1) is 33.2. The number of rotatable bonds is 15. The molecule has 0 spiro atoms. The molecule has 2 rings (SSSR count). The molecule has 34 heteroatoms. The minimum Gasteiger partial charge on any atom is -0.458 e. The molecule has 2 heterocycles. The van der Waals surface area contributed by atoms with Crippen LogP contribution >= 0.6 is 203 Å². The van der Waals surface area contributed by atoms with Gasteiger partial charge < -0.3 is 25.2 Å². The summed E-state index contributed by atoms with van der Waals surface area (Å²) in [6.45, 7) is 14.5. The normalized spacial score (nSPS) is 24.3. The van der Waals surface area contributed by atoms with Gasteiger partial charge >= 0.3 is 11.9 Å². The predicted octanol–water partition coefficient (Wildman–Crippen LogP) is 20.2. The van der Waals surface area contributed by atoms with Gasteiger partial charge in [0.05, 0.1) is 18.7 Å². The Morgan fingerprint density at radius 2 is 0.986 bits per heavy atom. The Labute approximate surface area is 476 Å². The molecule has 3 N–H and O–H groups in total. The van der Waals surface area contributed by atoms with E-state index in [9.17, 15) is 19.2 Å². The molecule has 23 atom stereocenters. The molecule has 19 unspecified atom stereocenters. The Kier molecular flexibility index (Phi) is 55.4. The van der Waals surface area contributed by atoms with Crippen molar-refractivity contribution in [3.63, 3.8) is 0 Å². The van der Waals surface area contributed by atoms with Crippen LogP contribution in [0.15, 0.2) is 47.6 Å². The first kappa shape index (κ1) is 80.6. The van der Waals surface area contributed by atoms with Crippen LogP contribution in [0, 0.1) is 11.8 Å². The average Bonchev–Trinajstić information content (AvgIpc) is 3.25. The summed E-state index contributed by atoms with van der Waals surface area (Å²) in [5.41, 5.74) is 2.11. The number of esters is 2. The molecule has 414 valence electrons. The molecule has 2 aliphatic heterocycles. The van der Waals surface area contributed by atoms with Crippen molar-refractivity contribution in [2.75, 3.05) is 6.61 Å². The lowest BCUT2D eigenvalue weighted by Gasteiger charge is -2.34. The highest BCUT2D eigenvalue weighted by Gasteiger charge is 2.29. The van der Waals surface area contributed by atoms with Gasteiger partial charge in [-0.15, -0.1) is 125 Å². The van der Waals surface area contributed by atoms with Crippen LogP contribution in [0.4, 0.5) is 0 Å². The molecular weight excluding hydrogens is 1360 g/mol. The van der Waals surface area contributed by atoms with Crippen LogP contribution in [0.3, 0.4) is 0 Å². The largest absolute Gasteiger partial charge is 0.458 e. The van der Waals surface area contributed by atoms with Crippen LogP contribution in [0.1, 0.15) is 119 Å². The number of allylic oxidation sites excluding steroid dienone is 1. The zero-order valence-corrected chi connectivity index (χ0v) is 68.5. The highest BCUT2D eigenvalue weighted by Crippen LogP contribution is 3.18. The van der Waals surface area contributed by atoms with Crippen LogP contribution in [0.5, 0.6) is 0 Å². The van der Waals surface area contributed by atoms with Gasteiger partial charge in [0.2, 0.25) is 11.8 Å². The quantitative estimate of drug-likeness (QED) is 0.0845. The fourth-order valence-electron chi connectivity index (χ4n) is 6.73. The van der Waals surface area contributed by atoms with E-state index < -0.39 is 0 Å². The third-order valence-electron chi connectivity index (χ3n) is 10.0. The highest BCUT2D eigenvalue weighted by atomic mass is 33.3. The predicted molar refractivity (Wildman–Crippen MR) is 396 cm³/mol. The third kappa shape index (κ3) is 39.7. The van der Waals surface area contributed by atoms with Crippen LogP contribution in [-0.2, 0) is 28.7 Å². The first-order valence-corrected chi connectivity index (χ1v) is 66.3. The molecule has 71 heavy (non-hydrogen) atoms. The molecular formula is C37H89N2O7P25. The number of carbonyl (C=O) groups is 4. The molecule has 0 saturated heterocycles. The Hall–Kier alpha value is 7.55. The minimum atomic E-state index is -0.277. The maximum Gasteiger partial charge on any atom is 0.303 e. The smallest absolute Gasteiger partial charge is 0.303 e. The van der Waals surface area contributed by atoms with E-state index in [1.165, 1.54) is 19.4 Å². The van der Waals surface area contributed by atoms with Crippen LogP contribution in [-0.4, -0.2) is 59.8 Å². The van der Waals surface area contributed by atoms with E-state index >= 15 is 0 Å². The number of nitrogens with one attached hydrogen (secondary N) is 2. The van der Waals surface area contributed by atoms with Crippen molar-refractivity contribution >= 4 is 227 Å². The fourth-order valence-corrected chi connectivity index (χ4v) is 236. The number of aliphatic hydroxyl groups is 1. The van der Waals surface area contributed by atoms with Gasteiger partial charge in [0, 0.05) is 26.7 Å². The molecule has 0 saturated carbocycles. The van der Waals surface area contributed by atoms with Crippen molar-refractivity contribution < 1.29 is 33.8 Å². The molecule has 0 radical (unpaired) electrons. The van der Waals surface area contributed by atoms with E-state index in [0.29, 0.717) is 12.8 Å². The molecule has 0 bridgehead atoms. The van der Waals surface area contributed by atoms with E-state index in [4.69, 9.17) is 14.6 Å². The van der Waals surface area contributed by atoms with Gasteiger partial charge in [0.15, 0.2) is 0 Å². The van der Waals surface area contributed by atoms with Gasteiger partial charge in [-0.3, -0.25) is 19.2 Å². The monoisotopic (exact) mass is 1450 g/mol. The van der Waals surface area contributed by atoms with Gasteiger partial charge in [0.1, 0.15) is 12.2 Å². The van der Waals surface area contributed by atoms with E-state index in [0.717, 1.165) is 71.3 Å². The van der Waals surface area contributed by atoms with E-state index in [1.807, 2.05) is 32.1 Å². The SMILES string of the molecule is CC(=O)OC1/C=C/[C@H](C)[C@@H](/C(C)=C/CO)NC(=O)CCCCC1.CC/C=C(\C)[C@H]1NC(=O)CCCCCC(OC(C)=O)/C=C/[C@@H]1C.PP(P)P(P)P(P(P)P)P(P)P.PPP(P(P)P)P(P(P)P)P(P)P. The number of carbonyl (C=O) groups excluding carboxylic acids is 4. The second-order valence-electron chi connectivity index (χ2n) is 16.1. The second kappa shape index (κ2) is 48.7. The van der Waals surface area contributed by atoms with E-state index in [-0.39, 0.29) is 136 Å². The summed E-state index contributed by atoms with van der Waals surface area (Å²) in [5, 5.41) is 15.3. The second-order valence-corrected chi connectivity index (χ2v) is 109. The highest BCUT2D eigenvalue weighted by molar-refractivity contribution is 9.24. The van der Waals surface area contributed by atoms with Crippen molar-refractivity contribution in [2.45, 2.75) is 143 Å². The van der Waals surface area contributed by atoms with Gasteiger partial charge in [-0.05, 0) is 153 Å². The van der Waals surface area contributed by atoms with Crippen molar-refractivity contribution in [3.05, 3.63) is 47.6 Å². The summed E-state index contributed by atoms with van der Waals surface area (Å²) in [6, 6.07) is -0.167. The minimum absolute atomic E-state index is 0.00361. The van der Waals surface area contributed by atoms with Crippen LogP contribution < -0.4 is 10.6 Å². The molecule has 2 aliphatic rings. The van der Waals surface area contributed by atoms with Crippen LogP contribution in [0.2, 0.25) is 0 Å². The maximum absolute atomic E-state index is 12.1. The molecule has 0 aromatic rings. The summed E-state index contributed by atoms with van der Waals surface area (Å²) in [7, 11) is 43.2. The van der Waals surface area contributed by atoms with Gasteiger partial charge in [-0.1, -0.05) is 77.0 Å². The Bertz CT molecular complexity index is 1530. The van der Waals surface area contributed by atoms with E-state index in [2.05, 4.69) is 169 Å². The lowest BCUT2D eigenvalue weighted by Crippen LogP contribution is -2.40. The molecule has 9 nitrogen and oxygen atoms in total. The maximum atomic E-state index is 12.1. The number of ether oxygens (including phenoxy) is 2. The third-order valence-corrected chi connectivity index (χ3v) is 150. The molecule has 0 aliphatic carbocycles. The van der Waals surface area contributed by atoms with Crippen molar-refractivity contribution in [3.8, 4) is 0 Å². The summed E-state index contributed by atoms with van der Waals surface area (Å²) in [4.78, 5) is 46.7. The first-order valence-electron chi connectivity index (χ1n) is 22.6. The molecule has 0 aromatic heterocycles. The lowest BCUT2D eigenvalue weighted by molar-refractivity contribution is -0.145. The number of hydrogen-bond donors (Lipinski definition) is 3. The summed E-state index contributed by atoms with van der Waals surface area (Å²) < 4.78 is 10.7. The Balaban J connectivity index is 0. The zero-order valence-electron chi connectivity index (χ0n) is 42.4. The standard InChI is InChI=1S/C19H31NO3.C18H29NO4.H15P13.H14P12/c1-5-9-14(2)19-15(3)12-13-17(23-16(4)21)10-7-6-8-11-18(22)20-19;1-13-9-10-16(23-15(3)21)7-5-4-6-8-17(22)19-18(13)14(2)11-12-20;1-8-12(9(2)3)13(10(4)5)11(6)7;1-8(2)11(7)12(9(3)4)10(5)6/h9,12-13,15,17,19H,5-8,10-11H2,1-4H3,(H,20,22);9-11,13,16,18,20H,4-8,12H2,1-3H3,(H,19,22);8H,1-7H2;1-7H2/b13-12+,14-9+;10-9+,14-11+;;/t15-,17?,19+;13-,16?,18-;;/m00../s1. The summed E-state index contributed by atoms with van der Waals surface area (Å²) in [5.74, 6) is -0.167.